The average Bonchev–Trinajstić information content (AvgIpc) is 2.39. The molecule has 1 aromatic carbocycles. The topological polar surface area (TPSA) is 95.5 Å². The van der Waals surface area contributed by atoms with Gasteiger partial charge in [0, 0.05) is 0 Å². The molecule has 0 aliphatic carbocycles. The lowest BCUT2D eigenvalue weighted by molar-refractivity contribution is -0.131. The third kappa shape index (κ3) is 4.76. The van der Waals surface area contributed by atoms with Gasteiger partial charge in [0.15, 0.2) is 0 Å². The van der Waals surface area contributed by atoms with Crippen molar-refractivity contribution in [2.24, 2.45) is 5.92 Å². The highest BCUT2D eigenvalue weighted by molar-refractivity contribution is 7.89. The molecule has 0 aromatic heterocycles. The smallest absolute Gasteiger partial charge is 0.261 e. The molecule has 3 N–H and O–H groups in total. The summed E-state index contributed by atoms with van der Waals surface area (Å²) in [6, 6.07) is 2.24. The van der Waals surface area contributed by atoms with E-state index in [0.717, 1.165) is 12.1 Å². The maximum absolute atomic E-state index is 13.2. The predicted octanol–water partition coefficient (Wildman–Crippen LogP) is 1.33. The van der Waals surface area contributed by atoms with Gasteiger partial charge in [0.2, 0.25) is 10.0 Å². The SMILES string of the molecule is Cc1cc(S(=O)(=O)NC(CC(C)C)C(=O)NO)ccc1F. The standard InChI is InChI=1S/C13H19FN2O4S/c1-8(2)6-12(13(17)15-18)16-21(19,20)10-4-5-11(14)9(3)7-10/h4-5,7-8,12,16,18H,6H2,1-3H3,(H,15,17). The Balaban J connectivity index is 3.05. The van der Waals surface area contributed by atoms with Gasteiger partial charge in [0.05, 0.1) is 4.90 Å². The molecular weight excluding hydrogens is 299 g/mol. The zero-order valence-corrected chi connectivity index (χ0v) is 12.9. The highest BCUT2D eigenvalue weighted by atomic mass is 32.2. The lowest BCUT2D eigenvalue weighted by atomic mass is 10.0. The Morgan fingerprint density at radius 3 is 2.48 bits per heavy atom. The number of sulfonamides is 1. The van der Waals surface area contributed by atoms with Crippen molar-refractivity contribution < 1.29 is 22.8 Å². The molecule has 0 aliphatic heterocycles. The summed E-state index contributed by atoms with van der Waals surface area (Å²) in [5.74, 6) is -1.32. The monoisotopic (exact) mass is 318 g/mol. The van der Waals surface area contributed by atoms with Crippen LogP contribution in [-0.2, 0) is 14.8 Å². The molecule has 6 nitrogen and oxygen atoms in total. The van der Waals surface area contributed by atoms with Crippen molar-refractivity contribution in [3.05, 3.63) is 29.6 Å². The summed E-state index contributed by atoms with van der Waals surface area (Å²) < 4.78 is 39.8. The van der Waals surface area contributed by atoms with Gasteiger partial charge in [-0.15, -0.1) is 0 Å². The largest absolute Gasteiger partial charge is 0.289 e. The molecule has 0 heterocycles. The maximum atomic E-state index is 13.2. The van der Waals surface area contributed by atoms with Crippen LogP contribution in [-0.4, -0.2) is 25.6 Å². The zero-order chi connectivity index (χ0) is 16.2. The summed E-state index contributed by atoms with van der Waals surface area (Å²) in [6.45, 7) is 5.07. The summed E-state index contributed by atoms with van der Waals surface area (Å²) >= 11 is 0. The summed E-state index contributed by atoms with van der Waals surface area (Å²) in [6.07, 6.45) is 0.214. The number of halogens is 1. The van der Waals surface area contributed by atoms with Gasteiger partial charge in [-0.05, 0) is 43.0 Å². The Bertz CT molecular complexity index is 617. The van der Waals surface area contributed by atoms with Crippen molar-refractivity contribution in [2.75, 3.05) is 0 Å². The fraction of sp³-hybridized carbons (Fsp3) is 0.462. The number of nitrogens with one attached hydrogen (secondary N) is 2. The highest BCUT2D eigenvalue weighted by Gasteiger charge is 2.26. The van der Waals surface area contributed by atoms with Crippen molar-refractivity contribution in [1.82, 2.24) is 10.2 Å². The number of rotatable bonds is 6. The number of benzene rings is 1. The average molecular weight is 318 g/mol. The van der Waals surface area contributed by atoms with Gasteiger partial charge >= 0.3 is 0 Å². The van der Waals surface area contributed by atoms with Crippen molar-refractivity contribution in [3.8, 4) is 0 Å². The molecule has 8 heteroatoms. The van der Waals surface area contributed by atoms with E-state index in [-0.39, 0.29) is 22.8 Å². The maximum Gasteiger partial charge on any atom is 0.261 e. The molecule has 0 saturated heterocycles. The molecule has 0 bridgehead atoms. The molecule has 1 rings (SSSR count). The minimum Gasteiger partial charge on any atom is -0.289 e. The predicted molar refractivity (Wildman–Crippen MR) is 74.6 cm³/mol. The van der Waals surface area contributed by atoms with Gasteiger partial charge in [-0.25, -0.2) is 18.3 Å². The third-order valence-electron chi connectivity index (χ3n) is 2.87. The van der Waals surface area contributed by atoms with Gasteiger partial charge in [-0.2, -0.15) is 4.72 Å². The fourth-order valence-electron chi connectivity index (χ4n) is 1.80. The second kappa shape index (κ2) is 6.97. The van der Waals surface area contributed by atoms with E-state index >= 15 is 0 Å². The van der Waals surface area contributed by atoms with Crippen LogP contribution in [0.5, 0.6) is 0 Å². The summed E-state index contributed by atoms with van der Waals surface area (Å²) in [4.78, 5) is 11.4. The van der Waals surface area contributed by atoms with E-state index in [4.69, 9.17) is 5.21 Å². The Morgan fingerprint density at radius 1 is 1.38 bits per heavy atom. The van der Waals surface area contributed by atoms with E-state index < -0.39 is 27.8 Å². The van der Waals surface area contributed by atoms with Crippen molar-refractivity contribution >= 4 is 15.9 Å². The van der Waals surface area contributed by atoms with Gasteiger partial charge in [-0.3, -0.25) is 10.0 Å². The number of aryl methyl sites for hydroxylation is 1. The van der Waals surface area contributed by atoms with E-state index in [9.17, 15) is 17.6 Å². The van der Waals surface area contributed by atoms with Crippen LogP contribution in [0, 0.1) is 18.7 Å². The minimum absolute atomic E-state index is 0.0324. The van der Waals surface area contributed by atoms with E-state index in [2.05, 4.69) is 4.72 Å². The molecule has 0 radical (unpaired) electrons. The minimum atomic E-state index is -3.99. The van der Waals surface area contributed by atoms with E-state index in [1.165, 1.54) is 18.5 Å². The fourth-order valence-corrected chi connectivity index (χ4v) is 3.09. The Kier molecular flexibility index (Phi) is 5.82. The zero-order valence-electron chi connectivity index (χ0n) is 12.1. The molecule has 1 amide bonds. The number of amides is 1. The van der Waals surface area contributed by atoms with E-state index in [0.29, 0.717) is 0 Å². The van der Waals surface area contributed by atoms with Crippen LogP contribution in [0.15, 0.2) is 23.1 Å². The molecule has 0 saturated carbocycles. The third-order valence-corrected chi connectivity index (χ3v) is 4.34. The highest BCUT2D eigenvalue weighted by Crippen LogP contribution is 2.16. The van der Waals surface area contributed by atoms with Gasteiger partial charge in [0.1, 0.15) is 11.9 Å². The van der Waals surface area contributed by atoms with Crippen LogP contribution >= 0.6 is 0 Å². The van der Waals surface area contributed by atoms with Crippen molar-refractivity contribution in [2.45, 2.75) is 38.1 Å². The summed E-state index contributed by atoms with van der Waals surface area (Å²) in [5, 5.41) is 8.68. The number of hydrogen-bond donors (Lipinski definition) is 3. The van der Waals surface area contributed by atoms with Crippen LogP contribution < -0.4 is 10.2 Å². The lowest BCUT2D eigenvalue weighted by Gasteiger charge is -2.18. The Hall–Kier alpha value is -1.51. The summed E-state index contributed by atoms with van der Waals surface area (Å²) in [5.41, 5.74) is 1.62. The normalized spacial score (nSPS) is 13.2. The van der Waals surface area contributed by atoms with Gasteiger partial charge in [-0.1, -0.05) is 13.8 Å². The summed E-state index contributed by atoms with van der Waals surface area (Å²) in [7, 11) is -3.99. The molecule has 1 atom stereocenters. The number of carbonyl (C=O) groups is 1. The van der Waals surface area contributed by atoms with Gasteiger partial charge < -0.3 is 0 Å². The first-order valence-electron chi connectivity index (χ1n) is 6.39. The molecule has 0 aliphatic rings. The van der Waals surface area contributed by atoms with Crippen LogP contribution in [0.3, 0.4) is 0 Å². The second-order valence-corrected chi connectivity index (χ2v) is 6.90. The number of carbonyl (C=O) groups excluding carboxylic acids is 1. The quantitative estimate of drug-likeness (QED) is 0.545. The molecule has 118 valence electrons. The van der Waals surface area contributed by atoms with Crippen LogP contribution in [0.4, 0.5) is 4.39 Å². The molecular formula is C13H19FN2O4S. The molecule has 0 spiro atoms. The number of hydroxylamine groups is 1. The van der Waals surface area contributed by atoms with E-state index in [1.54, 1.807) is 0 Å². The van der Waals surface area contributed by atoms with Gasteiger partial charge in [0.25, 0.3) is 5.91 Å². The first-order valence-corrected chi connectivity index (χ1v) is 7.88. The van der Waals surface area contributed by atoms with Crippen molar-refractivity contribution in [1.29, 1.82) is 0 Å². The lowest BCUT2D eigenvalue weighted by Crippen LogP contribution is -2.46. The molecule has 0 fully saturated rings. The Morgan fingerprint density at radius 2 is 2.00 bits per heavy atom. The molecule has 21 heavy (non-hydrogen) atoms. The molecule has 1 aromatic rings. The van der Waals surface area contributed by atoms with Crippen LogP contribution in [0.1, 0.15) is 25.8 Å². The number of hydrogen-bond acceptors (Lipinski definition) is 4. The second-order valence-electron chi connectivity index (χ2n) is 5.19. The first-order chi connectivity index (χ1) is 9.67. The molecule has 1 unspecified atom stereocenters. The van der Waals surface area contributed by atoms with Crippen molar-refractivity contribution in [3.63, 3.8) is 0 Å². The van der Waals surface area contributed by atoms with E-state index in [1.807, 2.05) is 13.8 Å². The van der Waals surface area contributed by atoms with Crippen LogP contribution in [0.25, 0.3) is 0 Å². The van der Waals surface area contributed by atoms with Crippen LogP contribution in [0.2, 0.25) is 0 Å². The first kappa shape index (κ1) is 17.5. The Labute approximate surface area is 123 Å².